The zero-order valence-corrected chi connectivity index (χ0v) is 14.9. The fourth-order valence-electron chi connectivity index (χ4n) is 3.45. The number of hydrogen-bond donors (Lipinski definition) is 2. The van der Waals surface area contributed by atoms with Crippen LogP contribution in [0.4, 0.5) is 0 Å². The summed E-state index contributed by atoms with van der Waals surface area (Å²) < 4.78 is 0. The Hall–Kier alpha value is -1.88. The summed E-state index contributed by atoms with van der Waals surface area (Å²) in [5, 5.41) is 5.88. The molecular formula is C20H29N3O2. The maximum Gasteiger partial charge on any atom is 0.239 e. The van der Waals surface area contributed by atoms with E-state index in [0.717, 1.165) is 38.9 Å². The molecule has 1 aliphatic carbocycles. The van der Waals surface area contributed by atoms with E-state index in [1.54, 1.807) is 0 Å². The second-order valence-electron chi connectivity index (χ2n) is 7.31. The van der Waals surface area contributed by atoms with Crippen LogP contribution in [-0.4, -0.2) is 48.9 Å². The third-order valence-corrected chi connectivity index (χ3v) is 4.99. The van der Waals surface area contributed by atoms with Crippen molar-refractivity contribution in [1.29, 1.82) is 0 Å². The summed E-state index contributed by atoms with van der Waals surface area (Å²) in [6.45, 7) is 3.18. The van der Waals surface area contributed by atoms with Crippen molar-refractivity contribution in [3.8, 4) is 0 Å². The van der Waals surface area contributed by atoms with Gasteiger partial charge in [-0.2, -0.15) is 0 Å². The third kappa shape index (κ3) is 6.16. The smallest absolute Gasteiger partial charge is 0.239 e. The maximum absolute atomic E-state index is 12.3. The molecule has 2 N–H and O–H groups in total. The van der Waals surface area contributed by atoms with Crippen molar-refractivity contribution < 1.29 is 9.59 Å². The van der Waals surface area contributed by atoms with E-state index in [4.69, 9.17) is 0 Å². The summed E-state index contributed by atoms with van der Waals surface area (Å²) in [6.07, 6.45) is 6.52. The van der Waals surface area contributed by atoms with Gasteiger partial charge in [-0.3, -0.25) is 9.59 Å². The summed E-state index contributed by atoms with van der Waals surface area (Å²) >= 11 is 0. The molecule has 1 saturated heterocycles. The molecule has 0 unspecified atom stereocenters. The second-order valence-corrected chi connectivity index (χ2v) is 7.31. The molecule has 2 aliphatic rings. The number of nitrogens with zero attached hydrogens (tertiary/aromatic N) is 1. The van der Waals surface area contributed by atoms with E-state index in [1.807, 2.05) is 18.2 Å². The molecule has 0 aromatic heterocycles. The van der Waals surface area contributed by atoms with Gasteiger partial charge in [-0.15, -0.1) is 0 Å². The quantitative estimate of drug-likeness (QED) is 0.756. The molecule has 0 bridgehead atoms. The minimum atomic E-state index is -0.0908. The number of amides is 2. The summed E-state index contributed by atoms with van der Waals surface area (Å²) in [5.41, 5.74) is 1.23. The van der Waals surface area contributed by atoms with Crippen LogP contribution >= 0.6 is 0 Å². The van der Waals surface area contributed by atoms with Gasteiger partial charge in [0.2, 0.25) is 11.8 Å². The Labute approximate surface area is 150 Å². The maximum atomic E-state index is 12.3. The van der Waals surface area contributed by atoms with E-state index >= 15 is 0 Å². The average molecular weight is 343 g/mol. The summed E-state index contributed by atoms with van der Waals surface area (Å²) in [5.74, 6) is 0.0685. The Morgan fingerprint density at radius 2 is 1.80 bits per heavy atom. The molecule has 136 valence electrons. The number of carbonyl (C=O) groups is 2. The van der Waals surface area contributed by atoms with Gasteiger partial charge < -0.3 is 15.5 Å². The van der Waals surface area contributed by atoms with Crippen molar-refractivity contribution in [2.45, 2.75) is 44.6 Å². The van der Waals surface area contributed by atoms with E-state index in [0.29, 0.717) is 0 Å². The van der Waals surface area contributed by atoms with Gasteiger partial charge >= 0.3 is 0 Å². The van der Waals surface area contributed by atoms with E-state index in [1.165, 1.54) is 24.8 Å². The standard InChI is InChI=1S/C20H29N3O2/c24-19(14-21-20(25)17-9-10-17)22-18(13-16-7-3-1-4-8-16)15-23-11-5-2-6-12-23/h1,3-4,7-8,17-18H,2,5-6,9-15H2,(H,21,25)(H,22,24)/t18-/m1/s1. The molecule has 5 nitrogen and oxygen atoms in total. The monoisotopic (exact) mass is 343 g/mol. The van der Waals surface area contributed by atoms with Crippen LogP contribution in [0.2, 0.25) is 0 Å². The molecule has 2 fully saturated rings. The lowest BCUT2D eigenvalue weighted by Crippen LogP contribution is -2.49. The topological polar surface area (TPSA) is 61.4 Å². The highest BCUT2D eigenvalue weighted by Crippen LogP contribution is 2.28. The molecule has 1 heterocycles. The number of likely N-dealkylation sites (tertiary alicyclic amines) is 1. The number of rotatable bonds is 8. The summed E-state index contributed by atoms with van der Waals surface area (Å²) in [4.78, 5) is 26.4. The molecule has 1 saturated carbocycles. The fraction of sp³-hybridized carbons (Fsp3) is 0.600. The Balaban J connectivity index is 1.52. The molecule has 3 rings (SSSR count). The van der Waals surface area contributed by atoms with Crippen molar-refractivity contribution in [3.63, 3.8) is 0 Å². The highest BCUT2D eigenvalue weighted by Gasteiger charge is 2.29. The first-order valence-corrected chi connectivity index (χ1v) is 9.54. The van der Waals surface area contributed by atoms with Crippen LogP contribution in [0, 0.1) is 5.92 Å². The van der Waals surface area contributed by atoms with Gasteiger partial charge in [0.05, 0.1) is 6.54 Å². The molecule has 1 aromatic carbocycles. The zero-order chi connectivity index (χ0) is 17.5. The predicted molar refractivity (Wildman–Crippen MR) is 98.1 cm³/mol. The molecule has 5 heteroatoms. The van der Waals surface area contributed by atoms with Crippen LogP contribution in [-0.2, 0) is 16.0 Å². The first kappa shape index (κ1) is 17.9. The Morgan fingerprint density at radius 1 is 1.08 bits per heavy atom. The average Bonchev–Trinajstić information content (AvgIpc) is 3.46. The van der Waals surface area contributed by atoms with Crippen LogP contribution in [0.25, 0.3) is 0 Å². The first-order valence-electron chi connectivity index (χ1n) is 9.54. The van der Waals surface area contributed by atoms with E-state index in [2.05, 4.69) is 27.7 Å². The normalized spacial score (nSPS) is 19.2. The van der Waals surface area contributed by atoms with Gasteiger partial charge in [-0.25, -0.2) is 0 Å². The van der Waals surface area contributed by atoms with Crippen LogP contribution in [0.1, 0.15) is 37.7 Å². The molecule has 1 aromatic rings. The van der Waals surface area contributed by atoms with Gasteiger partial charge in [0.25, 0.3) is 0 Å². The lowest BCUT2D eigenvalue weighted by Gasteiger charge is -2.31. The number of carbonyl (C=O) groups excluding carboxylic acids is 2. The van der Waals surface area contributed by atoms with Crippen molar-refractivity contribution in [1.82, 2.24) is 15.5 Å². The van der Waals surface area contributed by atoms with Crippen molar-refractivity contribution >= 4 is 11.8 Å². The largest absolute Gasteiger partial charge is 0.350 e. The van der Waals surface area contributed by atoms with Gasteiger partial charge in [0, 0.05) is 18.5 Å². The fourth-order valence-corrected chi connectivity index (χ4v) is 3.45. The first-order chi connectivity index (χ1) is 12.2. The highest BCUT2D eigenvalue weighted by atomic mass is 16.2. The van der Waals surface area contributed by atoms with Crippen LogP contribution in [0.5, 0.6) is 0 Å². The number of piperidine rings is 1. The zero-order valence-electron chi connectivity index (χ0n) is 14.9. The van der Waals surface area contributed by atoms with E-state index in [9.17, 15) is 9.59 Å². The van der Waals surface area contributed by atoms with E-state index < -0.39 is 0 Å². The van der Waals surface area contributed by atoms with Crippen molar-refractivity contribution in [2.24, 2.45) is 5.92 Å². The van der Waals surface area contributed by atoms with Crippen molar-refractivity contribution in [3.05, 3.63) is 35.9 Å². The number of nitrogens with one attached hydrogen (secondary N) is 2. The van der Waals surface area contributed by atoms with Crippen LogP contribution in [0.15, 0.2) is 30.3 Å². The second kappa shape index (κ2) is 8.99. The Bertz CT molecular complexity index is 566. The molecular weight excluding hydrogens is 314 g/mol. The van der Waals surface area contributed by atoms with Crippen LogP contribution < -0.4 is 10.6 Å². The SMILES string of the molecule is O=C(CNC(=O)C1CC1)N[C@H](Cc1ccccc1)CN1CCCCC1. The minimum absolute atomic E-state index is 0.0192. The Morgan fingerprint density at radius 3 is 2.48 bits per heavy atom. The third-order valence-electron chi connectivity index (χ3n) is 4.99. The molecule has 25 heavy (non-hydrogen) atoms. The molecule has 2 amide bonds. The summed E-state index contributed by atoms with van der Waals surface area (Å²) in [7, 11) is 0. The van der Waals surface area contributed by atoms with E-state index in [-0.39, 0.29) is 30.3 Å². The lowest BCUT2D eigenvalue weighted by atomic mass is 10.0. The van der Waals surface area contributed by atoms with Crippen LogP contribution in [0.3, 0.4) is 0 Å². The van der Waals surface area contributed by atoms with Gasteiger partial charge in [0.1, 0.15) is 0 Å². The minimum Gasteiger partial charge on any atom is -0.350 e. The predicted octanol–water partition coefficient (Wildman–Crippen LogP) is 1.73. The molecule has 1 aliphatic heterocycles. The molecule has 0 spiro atoms. The lowest BCUT2D eigenvalue weighted by molar-refractivity contribution is -0.127. The number of benzene rings is 1. The van der Waals surface area contributed by atoms with Gasteiger partial charge in [-0.05, 0) is 50.8 Å². The Kier molecular flexibility index (Phi) is 6.45. The molecule has 1 atom stereocenters. The number of hydrogen-bond acceptors (Lipinski definition) is 3. The van der Waals surface area contributed by atoms with Crippen molar-refractivity contribution in [2.75, 3.05) is 26.2 Å². The molecule has 0 radical (unpaired) electrons. The van der Waals surface area contributed by atoms with Gasteiger partial charge in [-0.1, -0.05) is 36.8 Å². The summed E-state index contributed by atoms with van der Waals surface area (Å²) in [6, 6.07) is 10.4. The van der Waals surface area contributed by atoms with Gasteiger partial charge in [0.15, 0.2) is 0 Å². The highest BCUT2D eigenvalue weighted by molar-refractivity contribution is 5.87.